The summed E-state index contributed by atoms with van der Waals surface area (Å²) < 4.78 is 10.9. The molecule has 0 aliphatic heterocycles. The number of ether oxygens (including phenoxy) is 2. The van der Waals surface area contributed by atoms with Gasteiger partial charge in [0.25, 0.3) is 0 Å². The molecular weight excluding hydrogens is 282 g/mol. The molecule has 106 valence electrons. The normalized spacial score (nSPS) is 10.3. The SMILES string of the molecule is COc1ccc(COc2ccc(-c3nccs3)cc2)cc1. The van der Waals surface area contributed by atoms with Crippen molar-refractivity contribution in [3.8, 4) is 22.1 Å². The van der Waals surface area contributed by atoms with Crippen LogP contribution in [0.1, 0.15) is 5.56 Å². The van der Waals surface area contributed by atoms with Crippen molar-refractivity contribution >= 4 is 11.3 Å². The van der Waals surface area contributed by atoms with Gasteiger partial charge in [0.2, 0.25) is 0 Å². The van der Waals surface area contributed by atoms with Crippen LogP contribution in [0.3, 0.4) is 0 Å². The van der Waals surface area contributed by atoms with E-state index in [1.165, 1.54) is 0 Å². The lowest BCUT2D eigenvalue weighted by molar-refractivity contribution is 0.306. The molecule has 0 amide bonds. The maximum Gasteiger partial charge on any atom is 0.123 e. The molecule has 3 aromatic rings. The third kappa shape index (κ3) is 3.41. The lowest BCUT2D eigenvalue weighted by Gasteiger charge is -2.07. The summed E-state index contributed by atoms with van der Waals surface area (Å²) in [6.07, 6.45) is 1.81. The molecular formula is C17H15NO2S. The number of rotatable bonds is 5. The fourth-order valence-electron chi connectivity index (χ4n) is 1.95. The maximum absolute atomic E-state index is 5.78. The van der Waals surface area contributed by atoms with Crippen LogP contribution in [0, 0.1) is 0 Å². The van der Waals surface area contributed by atoms with Gasteiger partial charge in [-0.15, -0.1) is 11.3 Å². The predicted octanol–water partition coefficient (Wildman–Crippen LogP) is 4.40. The van der Waals surface area contributed by atoms with Gasteiger partial charge in [0, 0.05) is 17.1 Å². The molecule has 4 heteroatoms. The highest BCUT2D eigenvalue weighted by molar-refractivity contribution is 7.13. The Morgan fingerprint density at radius 2 is 1.67 bits per heavy atom. The van der Waals surface area contributed by atoms with Gasteiger partial charge in [-0.1, -0.05) is 12.1 Å². The molecule has 0 saturated carbocycles. The number of nitrogens with zero attached hydrogens (tertiary/aromatic N) is 1. The Labute approximate surface area is 127 Å². The molecule has 0 aliphatic carbocycles. The number of hydrogen-bond donors (Lipinski definition) is 0. The first-order chi connectivity index (χ1) is 10.3. The lowest BCUT2D eigenvalue weighted by Crippen LogP contribution is -1.95. The second kappa shape index (κ2) is 6.41. The molecule has 21 heavy (non-hydrogen) atoms. The zero-order chi connectivity index (χ0) is 14.5. The Hall–Kier alpha value is -2.33. The molecule has 2 aromatic carbocycles. The number of methoxy groups -OCH3 is 1. The van der Waals surface area contributed by atoms with Crippen molar-refractivity contribution in [3.05, 3.63) is 65.7 Å². The molecule has 0 radical (unpaired) electrons. The summed E-state index contributed by atoms with van der Waals surface area (Å²) in [4.78, 5) is 4.29. The number of benzene rings is 2. The van der Waals surface area contributed by atoms with E-state index in [1.54, 1.807) is 18.4 Å². The summed E-state index contributed by atoms with van der Waals surface area (Å²) in [7, 11) is 1.66. The first-order valence-corrected chi connectivity index (χ1v) is 7.49. The van der Waals surface area contributed by atoms with Gasteiger partial charge < -0.3 is 9.47 Å². The monoisotopic (exact) mass is 297 g/mol. The summed E-state index contributed by atoms with van der Waals surface area (Å²) in [5.41, 5.74) is 2.22. The van der Waals surface area contributed by atoms with E-state index in [4.69, 9.17) is 9.47 Å². The first kappa shape index (κ1) is 13.6. The fourth-order valence-corrected chi connectivity index (χ4v) is 2.59. The van der Waals surface area contributed by atoms with Crippen LogP contribution in [-0.4, -0.2) is 12.1 Å². The molecule has 1 heterocycles. The zero-order valence-electron chi connectivity index (χ0n) is 11.7. The van der Waals surface area contributed by atoms with Gasteiger partial charge in [0.1, 0.15) is 23.1 Å². The highest BCUT2D eigenvalue weighted by Gasteiger charge is 2.01. The number of aromatic nitrogens is 1. The van der Waals surface area contributed by atoms with Gasteiger partial charge in [-0.2, -0.15) is 0 Å². The average Bonchev–Trinajstić information content (AvgIpc) is 3.08. The number of thiazole rings is 1. The van der Waals surface area contributed by atoms with Gasteiger partial charge in [0.05, 0.1) is 7.11 Å². The van der Waals surface area contributed by atoms with Crippen molar-refractivity contribution in [1.82, 2.24) is 4.98 Å². The van der Waals surface area contributed by atoms with Crippen LogP contribution in [0.4, 0.5) is 0 Å². The van der Waals surface area contributed by atoms with E-state index in [0.29, 0.717) is 6.61 Å². The Kier molecular flexibility index (Phi) is 4.17. The van der Waals surface area contributed by atoms with Crippen molar-refractivity contribution in [2.24, 2.45) is 0 Å². The van der Waals surface area contributed by atoms with E-state index in [-0.39, 0.29) is 0 Å². The van der Waals surface area contributed by atoms with Gasteiger partial charge in [-0.05, 0) is 42.0 Å². The smallest absolute Gasteiger partial charge is 0.123 e. The molecule has 3 nitrogen and oxygen atoms in total. The molecule has 0 unspecified atom stereocenters. The molecule has 0 atom stereocenters. The topological polar surface area (TPSA) is 31.4 Å². The zero-order valence-corrected chi connectivity index (χ0v) is 12.5. The molecule has 0 spiro atoms. The quantitative estimate of drug-likeness (QED) is 0.699. The van der Waals surface area contributed by atoms with Crippen LogP contribution in [0.15, 0.2) is 60.1 Å². The maximum atomic E-state index is 5.78. The van der Waals surface area contributed by atoms with E-state index in [1.807, 2.05) is 60.1 Å². The average molecular weight is 297 g/mol. The largest absolute Gasteiger partial charge is 0.497 e. The summed E-state index contributed by atoms with van der Waals surface area (Å²) in [5, 5.41) is 3.00. The van der Waals surface area contributed by atoms with Crippen LogP contribution < -0.4 is 9.47 Å². The predicted molar refractivity (Wildman–Crippen MR) is 84.9 cm³/mol. The van der Waals surface area contributed by atoms with Crippen molar-refractivity contribution in [3.63, 3.8) is 0 Å². The molecule has 3 rings (SSSR count). The van der Waals surface area contributed by atoms with Crippen molar-refractivity contribution in [2.45, 2.75) is 6.61 Å². The Balaban J connectivity index is 1.62. The summed E-state index contributed by atoms with van der Waals surface area (Å²) in [6.45, 7) is 0.542. The minimum atomic E-state index is 0.542. The van der Waals surface area contributed by atoms with E-state index in [0.717, 1.165) is 27.6 Å². The molecule has 0 saturated heterocycles. The van der Waals surface area contributed by atoms with Crippen molar-refractivity contribution in [1.29, 1.82) is 0 Å². The van der Waals surface area contributed by atoms with Gasteiger partial charge in [-0.25, -0.2) is 4.98 Å². The molecule has 0 aliphatic rings. The van der Waals surface area contributed by atoms with Crippen LogP contribution in [0.2, 0.25) is 0 Å². The third-order valence-electron chi connectivity index (χ3n) is 3.10. The van der Waals surface area contributed by atoms with Gasteiger partial charge in [0.15, 0.2) is 0 Å². The van der Waals surface area contributed by atoms with E-state index >= 15 is 0 Å². The van der Waals surface area contributed by atoms with Crippen LogP contribution in [0.5, 0.6) is 11.5 Å². The van der Waals surface area contributed by atoms with Crippen LogP contribution in [0.25, 0.3) is 10.6 Å². The fraction of sp³-hybridized carbons (Fsp3) is 0.118. The first-order valence-electron chi connectivity index (χ1n) is 6.61. The standard InChI is InChI=1S/C17H15NO2S/c1-19-15-6-2-13(3-7-15)12-20-16-8-4-14(5-9-16)17-18-10-11-21-17/h2-11H,12H2,1H3. The van der Waals surface area contributed by atoms with E-state index < -0.39 is 0 Å². The van der Waals surface area contributed by atoms with E-state index in [9.17, 15) is 0 Å². The van der Waals surface area contributed by atoms with Crippen LogP contribution >= 0.6 is 11.3 Å². The van der Waals surface area contributed by atoms with Crippen LogP contribution in [-0.2, 0) is 6.61 Å². The van der Waals surface area contributed by atoms with Crippen molar-refractivity contribution in [2.75, 3.05) is 7.11 Å². The lowest BCUT2D eigenvalue weighted by atomic mass is 10.2. The summed E-state index contributed by atoms with van der Waals surface area (Å²) in [5.74, 6) is 1.71. The second-order valence-corrected chi connectivity index (χ2v) is 5.39. The molecule has 0 bridgehead atoms. The summed E-state index contributed by atoms with van der Waals surface area (Å²) >= 11 is 1.63. The third-order valence-corrected chi connectivity index (χ3v) is 3.92. The number of hydrogen-bond acceptors (Lipinski definition) is 4. The second-order valence-electron chi connectivity index (χ2n) is 4.50. The van der Waals surface area contributed by atoms with E-state index in [2.05, 4.69) is 4.98 Å². The van der Waals surface area contributed by atoms with Crippen molar-refractivity contribution < 1.29 is 9.47 Å². The van der Waals surface area contributed by atoms with Gasteiger partial charge in [-0.3, -0.25) is 0 Å². The molecule has 0 N–H and O–H groups in total. The molecule has 1 aromatic heterocycles. The van der Waals surface area contributed by atoms with Gasteiger partial charge >= 0.3 is 0 Å². The molecule has 0 fully saturated rings. The minimum absolute atomic E-state index is 0.542. The summed E-state index contributed by atoms with van der Waals surface area (Å²) in [6, 6.07) is 15.9. The highest BCUT2D eigenvalue weighted by Crippen LogP contribution is 2.24. The Morgan fingerprint density at radius 3 is 2.29 bits per heavy atom. The minimum Gasteiger partial charge on any atom is -0.497 e. The highest BCUT2D eigenvalue weighted by atomic mass is 32.1. The Morgan fingerprint density at radius 1 is 0.952 bits per heavy atom. The Bertz CT molecular complexity index is 676.